The van der Waals surface area contributed by atoms with Crippen molar-refractivity contribution in [2.75, 3.05) is 13.7 Å². The molecule has 1 N–H and O–H groups in total. The number of nitriles is 1. The van der Waals surface area contributed by atoms with Gasteiger partial charge in [-0.2, -0.15) is 5.26 Å². The third kappa shape index (κ3) is 4.67. The summed E-state index contributed by atoms with van der Waals surface area (Å²) in [6, 6.07) is 11.9. The molecule has 0 bridgehead atoms. The molecule has 0 fully saturated rings. The molecule has 5 nitrogen and oxygen atoms in total. The summed E-state index contributed by atoms with van der Waals surface area (Å²) in [7, 11) is 1.60. The number of hydrogen-bond donors (Lipinski definition) is 1. The molecule has 28 heavy (non-hydrogen) atoms. The first-order valence-electron chi connectivity index (χ1n) is 8.64. The second kappa shape index (κ2) is 9.63. The third-order valence-corrected chi connectivity index (χ3v) is 4.62. The van der Waals surface area contributed by atoms with Gasteiger partial charge in [-0.05, 0) is 70.7 Å². The van der Waals surface area contributed by atoms with Gasteiger partial charge in [0.05, 0.1) is 34.8 Å². The molecule has 1 aromatic heterocycles. The quantitative estimate of drug-likeness (QED) is 0.462. The van der Waals surface area contributed by atoms with Crippen LogP contribution in [0.25, 0.3) is 22.7 Å². The van der Waals surface area contributed by atoms with Gasteiger partial charge in [0.1, 0.15) is 11.9 Å². The smallest absolute Gasteiger partial charge is 0.175 e. The van der Waals surface area contributed by atoms with Crippen molar-refractivity contribution in [2.24, 2.45) is 0 Å². The van der Waals surface area contributed by atoms with E-state index in [1.165, 1.54) is 0 Å². The monoisotopic (exact) mass is 461 g/mol. The minimum atomic E-state index is 0. The molecule has 3 aromatic rings. The van der Waals surface area contributed by atoms with Crippen molar-refractivity contribution < 1.29 is 9.47 Å². The van der Waals surface area contributed by atoms with E-state index in [9.17, 15) is 5.26 Å². The zero-order chi connectivity index (χ0) is 19.4. The zero-order valence-corrected chi connectivity index (χ0v) is 18.3. The van der Waals surface area contributed by atoms with E-state index in [2.05, 4.69) is 32.0 Å². The Morgan fingerprint density at radius 3 is 2.79 bits per heavy atom. The Morgan fingerprint density at radius 2 is 2.11 bits per heavy atom. The standard InChI is InChI=1S/C21H20BrN3O2.ClH/c1-4-7-27-20-16(22)10-14(11-19(20)26-3)9-15(12-23)21-24-17-6-5-13(2)8-18(17)25-21;/h5-6,8-11H,4,7H2,1-3H3,(H,24,25);1H/b15-9+;. The summed E-state index contributed by atoms with van der Waals surface area (Å²) in [4.78, 5) is 7.75. The summed E-state index contributed by atoms with van der Waals surface area (Å²) < 4.78 is 12.0. The predicted molar refractivity (Wildman–Crippen MR) is 118 cm³/mol. The molecule has 1 heterocycles. The molecule has 146 valence electrons. The van der Waals surface area contributed by atoms with Crippen LogP contribution < -0.4 is 9.47 Å². The first-order valence-corrected chi connectivity index (χ1v) is 9.44. The Bertz CT molecular complexity index is 1050. The minimum absolute atomic E-state index is 0. The summed E-state index contributed by atoms with van der Waals surface area (Å²) in [6.45, 7) is 4.67. The summed E-state index contributed by atoms with van der Waals surface area (Å²) in [6.07, 6.45) is 2.68. The van der Waals surface area contributed by atoms with E-state index in [0.717, 1.165) is 33.1 Å². The summed E-state index contributed by atoms with van der Waals surface area (Å²) in [5, 5.41) is 9.64. The van der Waals surface area contributed by atoms with Crippen molar-refractivity contribution in [3.8, 4) is 17.6 Å². The van der Waals surface area contributed by atoms with E-state index in [0.29, 0.717) is 29.5 Å². The van der Waals surface area contributed by atoms with Crippen LogP contribution in [-0.2, 0) is 0 Å². The van der Waals surface area contributed by atoms with Crippen LogP contribution in [0.3, 0.4) is 0 Å². The topological polar surface area (TPSA) is 70.9 Å². The van der Waals surface area contributed by atoms with Crippen molar-refractivity contribution in [1.82, 2.24) is 9.97 Å². The fourth-order valence-corrected chi connectivity index (χ4v) is 3.31. The molecular weight excluding hydrogens is 442 g/mol. The van der Waals surface area contributed by atoms with Gasteiger partial charge in [0.2, 0.25) is 0 Å². The summed E-state index contributed by atoms with van der Waals surface area (Å²) in [5.74, 6) is 1.82. The van der Waals surface area contributed by atoms with Crippen LogP contribution in [0.5, 0.6) is 11.5 Å². The number of aryl methyl sites for hydroxylation is 1. The maximum absolute atomic E-state index is 9.64. The number of aromatic amines is 1. The van der Waals surface area contributed by atoms with Crippen molar-refractivity contribution in [1.29, 1.82) is 5.26 Å². The van der Waals surface area contributed by atoms with Crippen LogP contribution >= 0.6 is 28.3 Å². The normalized spacial score (nSPS) is 11.0. The predicted octanol–water partition coefficient (Wildman–Crippen LogP) is 5.92. The lowest BCUT2D eigenvalue weighted by Crippen LogP contribution is -1.99. The molecule has 0 radical (unpaired) electrons. The van der Waals surface area contributed by atoms with Gasteiger partial charge in [-0.15, -0.1) is 12.4 Å². The largest absolute Gasteiger partial charge is 0.493 e. The number of H-pyrrole nitrogens is 1. The molecule has 2 aromatic carbocycles. The Morgan fingerprint density at radius 1 is 1.32 bits per heavy atom. The molecule has 0 saturated heterocycles. The molecular formula is C21H21BrClN3O2. The van der Waals surface area contributed by atoms with E-state index in [4.69, 9.17) is 9.47 Å². The number of methoxy groups -OCH3 is 1. The Labute approximate surface area is 178 Å². The molecule has 0 unspecified atom stereocenters. The van der Waals surface area contributed by atoms with Crippen molar-refractivity contribution >= 4 is 51.0 Å². The van der Waals surface area contributed by atoms with Crippen LogP contribution in [0.2, 0.25) is 0 Å². The highest BCUT2D eigenvalue weighted by atomic mass is 79.9. The van der Waals surface area contributed by atoms with Crippen molar-refractivity contribution in [3.05, 3.63) is 51.8 Å². The second-order valence-corrected chi connectivity index (χ2v) is 7.01. The highest BCUT2D eigenvalue weighted by Crippen LogP contribution is 2.37. The van der Waals surface area contributed by atoms with Crippen LogP contribution in [-0.4, -0.2) is 23.7 Å². The van der Waals surface area contributed by atoms with Crippen molar-refractivity contribution in [3.63, 3.8) is 0 Å². The van der Waals surface area contributed by atoms with Gasteiger partial charge in [0.15, 0.2) is 11.5 Å². The fraction of sp³-hybridized carbons (Fsp3) is 0.238. The van der Waals surface area contributed by atoms with Gasteiger partial charge in [-0.3, -0.25) is 0 Å². The minimum Gasteiger partial charge on any atom is -0.493 e. The highest BCUT2D eigenvalue weighted by Gasteiger charge is 2.13. The second-order valence-electron chi connectivity index (χ2n) is 6.16. The van der Waals surface area contributed by atoms with Gasteiger partial charge < -0.3 is 14.5 Å². The number of imidazole rings is 1. The van der Waals surface area contributed by atoms with Crippen molar-refractivity contribution in [2.45, 2.75) is 20.3 Å². The number of rotatable bonds is 6. The SMILES string of the molecule is CCCOc1c(Br)cc(/C=C(\C#N)c2nc3ccc(C)cc3[nH]2)cc1OC.Cl. The Kier molecular flexibility index (Phi) is 7.50. The van der Waals surface area contributed by atoms with E-state index in [1.807, 2.05) is 44.2 Å². The number of allylic oxidation sites excluding steroid dienone is 1. The van der Waals surface area contributed by atoms with E-state index >= 15 is 0 Å². The van der Waals surface area contributed by atoms with Crippen LogP contribution in [0.1, 0.15) is 30.3 Å². The molecule has 3 rings (SSSR count). The van der Waals surface area contributed by atoms with Crippen LogP contribution in [0, 0.1) is 18.3 Å². The Balaban J connectivity index is 0.00000280. The third-order valence-electron chi connectivity index (χ3n) is 4.03. The Hall–Kier alpha value is -2.49. The molecule has 0 aliphatic rings. The average Bonchev–Trinajstić information content (AvgIpc) is 3.07. The number of halogens is 2. The maximum atomic E-state index is 9.64. The van der Waals surface area contributed by atoms with E-state index in [1.54, 1.807) is 13.2 Å². The van der Waals surface area contributed by atoms with Crippen LogP contribution in [0.4, 0.5) is 0 Å². The lowest BCUT2D eigenvalue weighted by Gasteiger charge is -2.13. The van der Waals surface area contributed by atoms with Gasteiger partial charge in [0, 0.05) is 0 Å². The summed E-state index contributed by atoms with van der Waals surface area (Å²) >= 11 is 3.53. The fourth-order valence-electron chi connectivity index (χ4n) is 2.74. The van der Waals surface area contributed by atoms with Gasteiger partial charge >= 0.3 is 0 Å². The molecule has 0 saturated carbocycles. The number of hydrogen-bond acceptors (Lipinski definition) is 4. The number of benzene rings is 2. The van der Waals surface area contributed by atoms with Gasteiger partial charge in [-0.1, -0.05) is 13.0 Å². The van der Waals surface area contributed by atoms with E-state index < -0.39 is 0 Å². The number of aromatic nitrogens is 2. The van der Waals surface area contributed by atoms with Gasteiger partial charge in [-0.25, -0.2) is 4.98 Å². The average molecular weight is 463 g/mol. The maximum Gasteiger partial charge on any atom is 0.175 e. The van der Waals surface area contributed by atoms with E-state index in [-0.39, 0.29) is 12.4 Å². The lowest BCUT2D eigenvalue weighted by molar-refractivity contribution is 0.292. The first-order chi connectivity index (χ1) is 13.0. The molecule has 0 aliphatic heterocycles. The van der Waals surface area contributed by atoms with Crippen LogP contribution in [0.15, 0.2) is 34.8 Å². The molecule has 0 amide bonds. The summed E-state index contributed by atoms with van der Waals surface area (Å²) in [5.41, 5.74) is 4.14. The lowest BCUT2D eigenvalue weighted by atomic mass is 10.1. The highest BCUT2D eigenvalue weighted by molar-refractivity contribution is 9.10. The number of nitrogens with one attached hydrogen (secondary N) is 1. The molecule has 0 atom stereocenters. The number of ether oxygens (including phenoxy) is 2. The zero-order valence-electron chi connectivity index (χ0n) is 15.9. The number of fused-ring (bicyclic) bond motifs is 1. The first kappa shape index (κ1) is 21.8. The molecule has 0 aliphatic carbocycles. The van der Waals surface area contributed by atoms with Gasteiger partial charge in [0.25, 0.3) is 0 Å². The number of nitrogens with zero attached hydrogens (tertiary/aromatic N) is 2. The molecule has 0 spiro atoms. The molecule has 7 heteroatoms.